The minimum absolute atomic E-state index is 0.749. The van der Waals surface area contributed by atoms with E-state index in [1.807, 2.05) is 6.08 Å². The van der Waals surface area contributed by atoms with Crippen molar-refractivity contribution in [1.29, 1.82) is 0 Å². The van der Waals surface area contributed by atoms with Crippen molar-refractivity contribution < 1.29 is 0 Å². The highest BCUT2D eigenvalue weighted by atomic mass is 35.5. The lowest BCUT2D eigenvalue weighted by atomic mass is 10.8. The first kappa shape index (κ1) is 7.38. The second kappa shape index (κ2) is 6.38. The Balaban J connectivity index is 2.56. The molecule has 0 spiro atoms. The Bertz CT molecular complexity index is 45.3. The van der Waals surface area contributed by atoms with Gasteiger partial charge in [-0.2, -0.15) is 11.8 Å². The lowest BCUT2D eigenvalue weighted by Gasteiger charge is -1.87. The van der Waals surface area contributed by atoms with Crippen LogP contribution in [0.2, 0.25) is 0 Å². The molecule has 7 heavy (non-hydrogen) atoms. The largest absolute Gasteiger partial charge is 0.157 e. The first-order valence-corrected chi connectivity index (χ1v) is 3.85. The highest BCUT2D eigenvalue weighted by Crippen LogP contribution is 1.98. The maximum absolute atomic E-state index is 5.38. The van der Waals surface area contributed by atoms with Crippen molar-refractivity contribution in [3.05, 3.63) is 12.7 Å². The van der Waals surface area contributed by atoms with E-state index in [2.05, 4.69) is 6.58 Å². The van der Waals surface area contributed by atoms with Crippen LogP contribution in [0.15, 0.2) is 12.7 Å². The fourth-order valence-corrected chi connectivity index (χ4v) is 0.991. The zero-order chi connectivity index (χ0) is 5.54. The lowest BCUT2D eigenvalue weighted by Crippen LogP contribution is -1.78. The van der Waals surface area contributed by atoms with Crippen LogP contribution in [0, 0.1) is 0 Å². The normalized spacial score (nSPS) is 8.71. The minimum Gasteiger partial charge on any atom is -0.157 e. The van der Waals surface area contributed by atoms with E-state index in [1.165, 1.54) is 0 Å². The van der Waals surface area contributed by atoms with E-state index in [9.17, 15) is 0 Å². The van der Waals surface area contributed by atoms with Crippen molar-refractivity contribution in [3.63, 3.8) is 0 Å². The fraction of sp³-hybridized carbons (Fsp3) is 0.600. The molecule has 0 fully saturated rings. The number of alkyl halides is 1. The number of thioether (sulfide) groups is 1. The number of hydrogen-bond donors (Lipinski definition) is 0. The average Bonchev–Trinajstić information content (AvgIpc) is 1.69. The number of rotatable bonds is 4. The molecule has 42 valence electrons. The van der Waals surface area contributed by atoms with E-state index >= 15 is 0 Å². The first-order chi connectivity index (χ1) is 3.41. The Labute approximate surface area is 53.9 Å². The number of hydrogen-bond acceptors (Lipinski definition) is 1. The lowest BCUT2D eigenvalue weighted by molar-refractivity contribution is 1.53. The topological polar surface area (TPSA) is 0 Å². The van der Waals surface area contributed by atoms with Gasteiger partial charge >= 0.3 is 0 Å². The highest BCUT2D eigenvalue weighted by Gasteiger charge is 1.78. The van der Waals surface area contributed by atoms with Gasteiger partial charge in [-0.25, -0.2) is 0 Å². The molecule has 0 heterocycles. The van der Waals surface area contributed by atoms with Crippen molar-refractivity contribution in [1.82, 2.24) is 0 Å². The number of halogens is 1. The molecule has 0 N–H and O–H groups in total. The molecule has 0 aromatic carbocycles. The summed E-state index contributed by atoms with van der Waals surface area (Å²) in [6.07, 6.45) is 1.89. The molecular weight excluding hydrogens is 128 g/mol. The Morgan fingerprint density at radius 1 is 1.71 bits per heavy atom. The Hall–Kier alpha value is 0.380. The predicted molar refractivity (Wildman–Crippen MR) is 38.2 cm³/mol. The molecule has 0 unspecified atom stereocenters. The molecule has 0 radical (unpaired) electrons. The van der Waals surface area contributed by atoms with Gasteiger partial charge in [-0.3, -0.25) is 0 Å². The molecule has 0 amide bonds. The third-order valence-electron chi connectivity index (χ3n) is 0.457. The molecule has 0 saturated heterocycles. The first-order valence-electron chi connectivity index (χ1n) is 2.16. The predicted octanol–water partition coefficient (Wildman–Crippen LogP) is 2.14. The van der Waals surface area contributed by atoms with E-state index in [0.717, 1.165) is 17.4 Å². The molecule has 0 aliphatic rings. The molecule has 0 aromatic rings. The maximum atomic E-state index is 5.38. The van der Waals surface area contributed by atoms with E-state index in [1.54, 1.807) is 11.8 Å². The molecule has 2 heteroatoms. The van der Waals surface area contributed by atoms with Gasteiger partial charge in [0.15, 0.2) is 0 Å². The van der Waals surface area contributed by atoms with Gasteiger partial charge in [-0.05, 0) is 0 Å². The summed E-state index contributed by atoms with van der Waals surface area (Å²) in [5, 5.41) is 0. The van der Waals surface area contributed by atoms with Crippen LogP contribution in [0.25, 0.3) is 0 Å². The Morgan fingerprint density at radius 3 is 2.86 bits per heavy atom. The summed E-state index contributed by atoms with van der Waals surface area (Å²) >= 11 is 7.19. The molecule has 0 bridgehead atoms. The van der Waals surface area contributed by atoms with Crippen molar-refractivity contribution >= 4 is 23.4 Å². The van der Waals surface area contributed by atoms with Crippen LogP contribution in [0.3, 0.4) is 0 Å². The summed E-state index contributed by atoms with van der Waals surface area (Å²) in [7, 11) is 0. The molecule has 0 atom stereocenters. The Kier molecular flexibility index (Phi) is 6.73. The standard InChI is InChI=1S/C5H9ClS/c1-2-4-7-5-3-6/h2H,1,3-5H2. The summed E-state index contributed by atoms with van der Waals surface area (Å²) < 4.78 is 0. The van der Waals surface area contributed by atoms with Gasteiger partial charge < -0.3 is 0 Å². The molecule has 0 aliphatic carbocycles. The third-order valence-corrected chi connectivity index (χ3v) is 1.83. The average molecular weight is 137 g/mol. The zero-order valence-electron chi connectivity index (χ0n) is 4.19. The minimum atomic E-state index is 0.749. The van der Waals surface area contributed by atoms with Crippen molar-refractivity contribution in [2.75, 3.05) is 17.4 Å². The molecule has 0 aliphatic heterocycles. The van der Waals surface area contributed by atoms with Gasteiger partial charge in [0, 0.05) is 17.4 Å². The van der Waals surface area contributed by atoms with Crippen LogP contribution in [0.4, 0.5) is 0 Å². The van der Waals surface area contributed by atoms with Gasteiger partial charge in [0.25, 0.3) is 0 Å². The van der Waals surface area contributed by atoms with Crippen LogP contribution < -0.4 is 0 Å². The van der Waals surface area contributed by atoms with Crippen molar-refractivity contribution in [2.45, 2.75) is 0 Å². The fourth-order valence-electron chi connectivity index (χ4n) is 0.221. The van der Waals surface area contributed by atoms with Gasteiger partial charge in [-0.1, -0.05) is 6.08 Å². The van der Waals surface area contributed by atoms with Crippen LogP contribution >= 0.6 is 23.4 Å². The molecule has 0 saturated carbocycles. The summed E-state index contributed by atoms with van der Waals surface area (Å²) in [5.41, 5.74) is 0. The van der Waals surface area contributed by atoms with E-state index in [4.69, 9.17) is 11.6 Å². The molecule has 0 aromatic heterocycles. The quantitative estimate of drug-likeness (QED) is 0.324. The second-order valence-electron chi connectivity index (χ2n) is 1.05. The van der Waals surface area contributed by atoms with Gasteiger partial charge in [0.05, 0.1) is 0 Å². The van der Waals surface area contributed by atoms with Crippen LogP contribution in [-0.2, 0) is 0 Å². The van der Waals surface area contributed by atoms with Gasteiger partial charge in [0.1, 0.15) is 0 Å². The van der Waals surface area contributed by atoms with Crippen LogP contribution in [-0.4, -0.2) is 17.4 Å². The van der Waals surface area contributed by atoms with Crippen LogP contribution in [0.1, 0.15) is 0 Å². The monoisotopic (exact) mass is 136 g/mol. The maximum Gasteiger partial charge on any atom is 0.0314 e. The van der Waals surface area contributed by atoms with Crippen LogP contribution in [0.5, 0.6) is 0 Å². The second-order valence-corrected chi connectivity index (χ2v) is 2.58. The molecule has 0 rings (SSSR count). The van der Waals surface area contributed by atoms with E-state index < -0.39 is 0 Å². The Morgan fingerprint density at radius 2 is 2.43 bits per heavy atom. The smallest absolute Gasteiger partial charge is 0.0314 e. The summed E-state index contributed by atoms with van der Waals surface area (Å²) in [6, 6.07) is 0. The van der Waals surface area contributed by atoms with Crippen molar-refractivity contribution in [2.24, 2.45) is 0 Å². The molecule has 0 nitrogen and oxygen atoms in total. The summed E-state index contributed by atoms with van der Waals surface area (Å²) in [4.78, 5) is 0. The zero-order valence-corrected chi connectivity index (χ0v) is 5.76. The van der Waals surface area contributed by atoms with Gasteiger partial charge in [0.2, 0.25) is 0 Å². The van der Waals surface area contributed by atoms with E-state index in [0.29, 0.717) is 0 Å². The third kappa shape index (κ3) is 6.38. The van der Waals surface area contributed by atoms with Crippen molar-refractivity contribution in [3.8, 4) is 0 Å². The SMILES string of the molecule is C=CCSCCCl. The van der Waals surface area contributed by atoms with E-state index in [-0.39, 0.29) is 0 Å². The summed E-state index contributed by atoms with van der Waals surface area (Å²) in [5.74, 6) is 2.80. The van der Waals surface area contributed by atoms with Gasteiger partial charge in [-0.15, -0.1) is 18.2 Å². The summed E-state index contributed by atoms with van der Waals surface area (Å²) in [6.45, 7) is 3.57. The molecular formula is C5H9ClS. The highest BCUT2D eigenvalue weighted by molar-refractivity contribution is 7.99.